The first kappa shape index (κ1) is 11.4. The van der Waals surface area contributed by atoms with Crippen LogP contribution in [0, 0.1) is 6.92 Å². The van der Waals surface area contributed by atoms with Crippen molar-refractivity contribution in [1.82, 2.24) is 10.1 Å². The molecule has 0 saturated heterocycles. The molecular formula is C12H16N4O. The lowest BCUT2D eigenvalue weighted by Gasteiger charge is -2.08. The predicted molar refractivity (Wildman–Crippen MR) is 67.8 cm³/mol. The quantitative estimate of drug-likeness (QED) is 0.820. The smallest absolute Gasteiger partial charge is 0.324 e. The number of benzene rings is 1. The van der Waals surface area contributed by atoms with Crippen LogP contribution < -0.4 is 10.6 Å². The Morgan fingerprint density at radius 2 is 2.18 bits per heavy atom. The molecule has 1 aromatic heterocycles. The van der Waals surface area contributed by atoms with Crippen LogP contribution in [0.3, 0.4) is 0 Å². The lowest BCUT2D eigenvalue weighted by atomic mass is 10.1. The van der Waals surface area contributed by atoms with Crippen molar-refractivity contribution in [1.29, 1.82) is 0 Å². The van der Waals surface area contributed by atoms with Gasteiger partial charge in [0, 0.05) is 24.8 Å². The van der Waals surface area contributed by atoms with E-state index in [0.29, 0.717) is 11.8 Å². The van der Waals surface area contributed by atoms with Crippen molar-refractivity contribution in [3.63, 3.8) is 0 Å². The predicted octanol–water partition coefficient (Wildman–Crippen LogP) is 2.08. The van der Waals surface area contributed by atoms with Gasteiger partial charge in [0.1, 0.15) is 0 Å². The minimum atomic E-state index is 0.515. The van der Waals surface area contributed by atoms with E-state index in [0.717, 1.165) is 23.4 Å². The summed E-state index contributed by atoms with van der Waals surface area (Å²) in [5.41, 5.74) is 8.50. The van der Waals surface area contributed by atoms with Gasteiger partial charge in [0.05, 0.1) is 0 Å². The maximum Gasteiger partial charge on any atom is 0.324 e. The summed E-state index contributed by atoms with van der Waals surface area (Å²) in [6.07, 6.45) is 0. The second-order valence-corrected chi connectivity index (χ2v) is 3.99. The Kier molecular flexibility index (Phi) is 2.99. The Labute approximate surface area is 100 Å². The molecule has 0 saturated carbocycles. The minimum absolute atomic E-state index is 0.515. The van der Waals surface area contributed by atoms with Gasteiger partial charge in [-0.3, -0.25) is 0 Å². The first-order chi connectivity index (χ1) is 8.11. The van der Waals surface area contributed by atoms with E-state index in [1.807, 2.05) is 44.0 Å². The van der Waals surface area contributed by atoms with E-state index < -0.39 is 0 Å². The third kappa shape index (κ3) is 2.22. The number of nitrogens with two attached hydrogens (primary N) is 1. The molecule has 0 unspecified atom stereocenters. The van der Waals surface area contributed by atoms with E-state index in [1.165, 1.54) is 0 Å². The molecule has 0 amide bonds. The van der Waals surface area contributed by atoms with Crippen molar-refractivity contribution in [2.75, 3.05) is 24.2 Å². The lowest BCUT2D eigenvalue weighted by molar-refractivity contribution is 0.420. The van der Waals surface area contributed by atoms with E-state index in [-0.39, 0.29) is 0 Å². The van der Waals surface area contributed by atoms with Gasteiger partial charge in [-0.2, -0.15) is 4.98 Å². The monoisotopic (exact) mass is 232 g/mol. The fourth-order valence-electron chi connectivity index (χ4n) is 1.40. The van der Waals surface area contributed by atoms with Crippen LogP contribution in [0.5, 0.6) is 0 Å². The highest BCUT2D eigenvalue weighted by Crippen LogP contribution is 2.22. The minimum Gasteiger partial charge on any atom is -0.398 e. The van der Waals surface area contributed by atoms with Gasteiger partial charge >= 0.3 is 6.01 Å². The normalized spacial score (nSPS) is 10.5. The van der Waals surface area contributed by atoms with E-state index in [1.54, 1.807) is 0 Å². The number of anilines is 2. The number of rotatable bonds is 3. The topological polar surface area (TPSA) is 68.2 Å². The van der Waals surface area contributed by atoms with Gasteiger partial charge in [0.15, 0.2) is 0 Å². The molecule has 0 fully saturated rings. The highest BCUT2D eigenvalue weighted by atomic mass is 16.5. The summed E-state index contributed by atoms with van der Waals surface area (Å²) in [6, 6.07) is 6.26. The van der Waals surface area contributed by atoms with Gasteiger partial charge < -0.3 is 15.2 Å². The van der Waals surface area contributed by atoms with Crippen LogP contribution in [-0.4, -0.2) is 23.7 Å². The van der Waals surface area contributed by atoms with Crippen LogP contribution in [-0.2, 0) is 0 Å². The first-order valence-electron chi connectivity index (χ1n) is 5.53. The first-order valence-corrected chi connectivity index (χ1v) is 5.53. The molecule has 0 atom stereocenters. The van der Waals surface area contributed by atoms with Gasteiger partial charge in [0.25, 0.3) is 0 Å². The Morgan fingerprint density at radius 1 is 1.41 bits per heavy atom. The summed E-state index contributed by atoms with van der Waals surface area (Å²) in [5, 5.41) is 3.94. The number of aryl methyl sites for hydroxylation is 1. The molecule has 5 heteroatoms. The Hall–Kier alpha value is -2.04. The van der Waals surface area contributed by atoms with Crippen LogP contribution >= 0.6 is 0 Å². The van der Waals surface area contributed by atoms with Gasteiger partial charge in [-0.1, -0.05) is 17.3 Å². The molecule has 0 radical (unpaired) electrons. The molecule has 17 heavy (non-hydrogen) atoms. The van der Waals surface area contributed by atoms with Gasteiger partial charge in [0.2, 0.25) is 5.82 Å². The molecule has 0 aliphatic heterocycles. The van der Waals surface area contributed by atoms with Crippen LogP contribution in [0.25, 0.3) is 11.4 Å². The van der Waals surface area contributed by atoms with Crippen molar-refractivity contribution < 1.29 is 4.52 Å². The second kappa shape index (κ2) is 4.45. The standard InChI is InChI=1S/C12H16N4O/c1-4-16(3)12-14-11(15-17-12)9-6-5-8(2)10(13)7-9/h5-7H,4,13H2,1-3H3. The largest absolute Gasteiger partial charge is 0.398 e. The molecule has 90 valence electrons. The molecule has 2 N–H and O–H groups in total. The van der Waals surface area contributed by atoms with Crippen LogP contribution in [0.2, 0.25) is 0 Å². The Morgan fingerprint density at radius 3 is 2.82 bits per heavy atom. The molecule has 0 aliphatic carbocycles. The van der Waals surface area contributed by atoms with Crippen molar-refractivity contribution in [3.8, 4) is 11.4 Å². The zero-order valence-corrected chi connectivity index (χ0v) is 10.3. The zero-order chi connectivity index (χ0) is 12.4. The molecule has 1 heterocycles. The van der Waals surface area contributed by atoms with Gasteiger partial charge in [-0.25, -0.2) is 0 Å². The number of hydrogen-bond acceptors (Lipinski definition) is 5. The molecular weight excluding hydrogens is 216 g/mol. The summed E-state index contributed by atoms with van der Waals surface area (Å²) < 4.78 is 5.17. The van der Waals surface area contributed by atoms with Crippen molar-refractivity contribution in [2.24, 2.45) is 0 Å². The summed E-state index contributed by atoms with van der Waals surface area (Å²) in [5.74, 6) is 0.562. The SMILES string of the molecule is CCN(C)c1nc(-c2ccc(C)c(N)c2)no1. The number of aromatic nitrogens is 2. The van der Waals surface area contributed by atoms with Gasteiger partial charge in [-0.05, 0) is 25.5 Å². The molecule has 1 aromatic carbocycles. The molecule has 0 aliphatic rings. The van der Waals surface area contributed by atoms with Crippen molar-refractivity contribution in [3.05, 3.63) is 23.8 Å². The fraction of sp³-hybridized carbons (Fsp3) is 0.333. The van der Waals surface area contributed by atoms with E-state index >= 15 is 0 Å². The molecule has 0 bridgehead atoms. The Balaban J connectivity index is 2.33. The molecule has 0 spiro atoms. The molecule has 2 rings (SSSR count). The highest BCUT2D eigenvalue weighted by Gasteiger charge is 2.11. The summed E-state index contributed by atoms with van der Waals surface area (Å²) in [4.78, 5) is 6.20. The lowest BCUT2D eigenvalue weighted by Crippen LogP contribution is -2.15. The fourth-order valence-corrected chi connectivity index (χ4v) is 1.40. The van der Waals surface area contributed by atoms with Crippen LogP contribution in [0.15, 0.2) is 22.7 Å². The van der Waals surface area contributed by atoms with Gasteiger partial charge in [-0.15, -0.1) is 0 Å². The maximum atomic E-state index is 5.85. The van der Waals surface area contributed by atoms with Crippen LogP contribution in [0.4, 0.5) is 11.7 Å². The summed E-state index contributed by atoms with van der Waals surface area (Å²) >= 11 is 0. The van der Waals surface area contributed by atoms with E-state index in [4.69, 9.17) is 10.3 Å². The molecule has 5 nitrogen and oxygen atoms in total. The summed E-state index contributed by atoms with van der Waals surface area (Å²) in [7, 11) is 1.90. The van der Waals surface area contributed by atoms with Crippen molar-refractivity contribution in [2.45, 2.75) is 13.8 Å². The average molecular weight is 232 g/mol. The highest BCUT2D eigenvalue weighted by molar-refractivity contribution is 5.63. The zero-order valence-electron chi connectivity index (χ0n) is 10.3. The average Bonchev–Trinajstić information content (AvgIpc) is 2.81. The van der Waals surface area contributed by atoms with E-state index in [2.05, 4.69) is 10.1 Å². The van der Waals surface area contributed by atoms with Crippen molar-refractivity contribution >= 4 is 11.7 Å². The number of nitrogen functional groups attached to an aromatic ring is 1. The third-order valence-electron chi connectivity index (χ3n) is 2.75. The van der Waals surface area contributed by atoms with E-state index in [9.17, 15) is 0 Å². The summed E-state index contributed by atoms with van der Waals surface area (Å²) in [6.45, 7) is 4.80. The Bertz CT molecular complexity index is 521. The second-order valence-electron chi connectivity index (χ2n) is 3.99. The molecule has 2 aromatic rings. The maximum absolute atomic E-state index is 5.85. The van der Waals surface area contributed by atoms with Crippen LogP contribution in [0.1, 0.15) is 12.5 Å². The third-order valence-corrected chi connectivity index (χ3v) is 2.75. The number of hydrogen-bond donors (Lipinski definition) is 1. The number of nitrogens with zero attached hydrogens (tertiary/aromatic N) is 3.